The van der Waals surface area contributed by atoms with Crippen molar-refractivity contribution in [3.63, 3.8) is 0 Å². The van der Waals surface area contributed by atoms with Crippen LogP contribution in [0.15, 0.2) is 0 Å². The van der Waals surface area contributed by atoms with E-state index in [4.69, 9.17) is 0 Å². The van der Waals surface area contributed by atoms with Gasteiger partial charge < -0.3 is 16.0 Å². The molecule has 6 aliphatic rings. The zero-order valence-electron chi connectivity index (χ0n) is 25.4. The molecule has 6 fully saturated rings. The SMILES string of the molecule is CC(C)N1CCC12CCNCC2.CC(C)N1CCC2CNCCC21.CC(C)N1CCCC2CNCCC21. The van der Waals surface area contributed by atoms with Crippen LogP contribution >= 0.6 is 0 Å². The zero-order chi connectivity index (χ0) is 26.4. The lowest BCUT2D eigenvalue weighted by Gasteiger charge is -2.57. The monoisotopic (exact) mass is 519 g/mol. The van der Waals surface area contributed by atoms with Gasteiger partial charge >= 0.3 is 0 Å². The molecule has 0 aromatic carbocycles. The molecule has 0 aliphatic carbocycles. The minimum atomic E-state index is 0.611. The Hall–Kier alpha value is -0.240. The van der Waals surface area contributed by atoms with Crippen LogP contribution in [0.5, 0.6) is 0 Å². The molecule has 0 amide bonds. The van der Waals surface area contributed by atoms with Gasteiger partial charge in [0.05, 0.1) is 0 Å². The maximum absolute atomic E-state index is 3.52. The summed E-state index contributed by atoms with van der Waals surface area (Å²) in [5.74, 6) is 1.88. The summed E-state index contributed by atoms with van der Waals surface area (Å²) >= 11 is 0. The lowest BCUT2D eigenvalue weighted by Crippen LogP contribution is -2.65. The molecule has 1 spiro atoms. The number of nitrogens with zero attached hydrogens (tertiary/aromatic N) is 3. The average Bonchev–Trinajstić information content (AvgIpc) is 3.33. The van der Waals surface area contributed by atoms with Gasteiger partial charge in [0, 0.05) is 42.3 Å². The Morgan fingerprint density at radius 3 is 1.65 bits per heavy atom. The van der Waals surface area contributed by atoms with Crippen molar-refractivity contribution in [2.24, 2.45) is 11.8 Å². The van der Waals surface area contributed by atoms with Gasteiger partial charge in [0.2, 0.25) is 0 Å². The Morgan fingerprint density at radius 1 is 0.568 bits per heavy atom. The minimum absolute atomic E-state index is 0.611. The molecule has 0 aromatic rings. The standard InChI is InChI=1S/C11H22N2.2C10H20N2/c1-9(2)13-7-3-4-10-8-12-6-5-11(10)13;1-9(2)12-8-5-10(12)3-6-11-7-4-10;1-8(2)12-6-4-9-7-11-5-3-10(9)12/h9-12H,3-8H2,1-2H3;9,11H,3-8H2,1-2H3;8-11H,3-7H2,1-2H3. The van der Waals surface area contributed by atoms with E-state index in [1.807, 2.05) is 0 Å². The quantitative estimate of drug-likeness (QED) is 0.529. The topological polar surface area (TPSA) is 45.8 Å². The molecule has 6 heterocycles. The Labute approximate surface area is 230 Å². The van der Waals surface area contributed by atoms with Crippen molar-refractivity contribution in [3.8, 4) is 0 Å². The van der Waals surface area contributed by atoms with Gasteiger partial charge in [0.25, 0.3) is 0 Å². The summed E-state index contributed by atoms with van der Waals surface area (Å²) < 4.78 is 0. The molecule has 0 bridgehead atoms. The van der Waals surface area contributed by atoms with Gasteiger partial charge in [-0.25, -0.2) is 0 Å². The molecular formula is C31H62N6. The van der Waals surface area contributed by atoms with Gasteiger partial charge in [-0.15, -0.1) is 0 Å². The van der Waals surface area contributed by atoms with Crippen LogP contribution < -0.4 is 16.0 Å². The van der Waals surface area contributed by atoms with Crippen LogP contribution in [-0.2, 0) is 0 Å². The van der Waals surface area contributed by atoms with Crippen molar-refractivity contribution in [3.05, 3.63) is 0 Å². The number of hydrogen-bond acceptors (Lipinski definition) is 6. The molecule has 0 saturated carbocycles. The highest BCUT2D eigenvalue weighted by molar-refractivity contribution is 5.03. The van der Waals surface area contributed by atoms with Crippen molar-refractivity contribution in [1.29, 1.82) is 0 Å². The third kappa shape index (κ3) is 7.29. The van der Waals surface area contributed by atoms with Gasteiger partial charge in [-0.2, -0.15) is 0 Å². The van der Waals surface area contributed by atoms with Crippen LogP contribution in [0.4, 0.5) is 0 Å². The van der Waals surface area contributed by atoms with Crippen molar-refractivity contribution < 1.29 is 0 Å². The van der Waals surface area contributed by atoms with Gasteiger partial charge in [0.1, 0.15) is 0 Å². The van der Waals surface area contributed by atoms with Crippen LogP contribution in [0, 0.1) is 11.8 Å². The van der Waals surface area contributed by atoms with E-state index in [-0.39, 0.29) is 0 Å². The third-order valence-electron chi connectivity index (χ3n) is 10.6. The summed E-state index contributed by atoms with van der Waals surface area (Å²) in [4.78, 5) is 8.09. The predicted molar refractivity (Wildman–Crippen MR) is 158 cm³/mol. The van der Waals surface area contributed by atoms with Crippen LogP contribution in [0.1, 0.15) is 92.9 Å². The predicted octanol–water partition coefficient (Wildman–Crippen LogP) is 3.77. The first-order chi connectivity index (χ1) is 17.8. The Bertz CT molecular complexity index is 652. The fourth-order valence-electron chi connectivity index (χ4n) is 8.54. The molecule has 6 nitrogen and oxygen atoms in total. The number of nitrogens with one attached hydrogen (secondary N) is 3. The highest BCUT2D eigenvalue weighted by Crippen LogP contribution is 2.39. The number of hydrogen-bond donors (Lipinski definition) is 3. The second-order valence-electron chi connectivity index (χ2n) is 13.7. The molecule has 4 atom stereocenters. The maximum atomic E-state index is 3.52. The third-order valence-corrected chi connectivity index (χ3v) is 10.6. The Balaban J connectivity index is 0.000000130. The van der Waals surface area contributed by atoms with Crippen LogP contribution in [0.2, 0.25) is 0 Å². The summed E-state index contributed by atoms with van der Waals surface area (Å²) in [7, 11) is 0. The van der Waals surface area contributed by atoms with E-state index in [2.05, 4.69) is 72.2 Å². The summed E-state index contributed by atoms with van der Waals surface area (Å²) in [5, 5.41) is 10.4. The highest BCUT2D eigenvalue weighted by Gasteiger charge is 2.45. The van der Waals surface area contributed by atoms with Crippen molar-refractivity contribution in [2.75, 3.05) is 58.9 Å². The Morgan fingerprint density at radius 2 is 1.14 bits per heavy atom. The molecule has 4 unspecified atom stereocenters. The molecule has 0 aromatic heterocycles. The summed E-state index contributed by atoms with van der Waals surface area (Å²) in [6, 6.07) is 4.02. The first-order valence-electron chi connectivity index (χ1n) is 16.2. The summed E-state index contributed by atoms with van der Waals surface area (Å²) in [5.41, 5.74) is 0.611. The molecule has 3 N–H and O–H groups in total. The van der Waals surface area contributed by atoms with E-state index >= 15 is 0 Å². The fourth-order valence-corrected chi connectivity index (χ4v) is 8.54. The Kier molecular flexibility index (Phi) is 11.2. The largest absolute Gasteiger partial charge is 0.317 e. The van der Waals surface area contributed by atoms with Crippen LogP contribution in [-0.4, -0.2) is 109 Å². The number of piperidine rings is 4. The fraction of sp³-hybridized carbons (Fsp3) is 1.00. The molecule has 6 heteroatoms. The normalized spacial score (nSPS) is 34.3. The van der Waals surface area contributed by atoms with Crippen molar-refractivity contribution >= 4 is 0 Å². The van der Waals surface area contributed by atoms with Crippen LogP contribution in [0.3, 0.4) is 0 Å². The van der Waals surface area contributed by atoms with Crippen molar-refractivity contribution in [1.82, 2.24) is 30.7 Å². The van der Waals surface area contributed by atoms with E-state index in [0.717, 1.165) is 42.0 Å². The van der Waals surface area contributed by atoms with Crippen molar-refractivity contribution in [2.45, 2.75) is 129 Å². The molecular weight excluding hydrogens is 456 g/mol. The molecule has 216 valence electrons. The molecule has 6 saturated heterocycles. The van der Waals surface area contributed by atoms with E-state index < -0.39 is 0 Å². The van der Waals surface area contributed by atoms with Gasteiger partial charge in [-0.05, 0) is 157 Å². The highest BCUT2D eigenvalue weighted by atomic mass is 15.3. The van der Waals surface area contributed by atoms with E-state index in [0.29, 0.717) is 5.54 Å². The number of likely N-dealkylation sites (tertiary alicyclic amines) is 3. The minimum Gasteiger partial charge on any atom is -0.317 e. The van der Waals surface area contributed by atoms with Gasteiger partial charge in [-0.1, -0.05) is 0 Å². The lowest BCUT2D eigenvalue weighted by atomic mass is 9.76. The van der Waals surface area contributed by atoms with E-state index in [1.54, 1.807) is 0 Å². The molecule has 6 aliphatic heterocycles. The summed E-state index contributed by atoms with van der Waals surface area (Å²) in [6.07, 6.45) is 11.2. The lowest BCUT2D eigenvalue weighted by molar-refractivity contribution is -0.0595. The molecule has 6 rings (SSSR count). The first-order valence-corrected chi connectivity index (χ1v) is 16.2. The number of rotatable bonds is 3. The first kappa shape index (κ1) is 29.7. The maximum Gasteiger partial charge on any atom is 0.0248 e. The zero-order valence-corrected chi connectivity index (χ0v) is 25.4. The second-order valence-corrected chi connectivity index (χ2v) is 13.7. The molecule has 0 radical (unpaired) electrons. The summed E-state index contributed by atoms with van der Waals surface area (Å²) in [6.45, 7) is 25.4. The smallest absolute Gasteiger partial charge is 0.0248 e. The number of fused-ring (bicyclic) bond motifs is 2. The van der Waals surface area contributed by atoms with Crippen LogP contribution in [0.25, 0.3) is 0 Å². The van der Waals surface area contributed by atoms with E-state index in [9.17, 15) is 0 Å². The van der Waals surface area contributed by atoms with E-state index in [1.165, 1.54) is 110 Å². The molecule has 37 heavy (non-hydrogen) atoms. The van der Waals surface area contributed by atoms with Gasteiger partial charge in [0.15, 0.2) is 0 Å². The average molecular weight is 519 g/mol. The van der Waals surface area contributed by atoms with Gasteiger partial charge in [-0.3, -0.25) is 14.7 Å². The second kappa shape index (κ2) is 13.9.